The van der Waals surface area contributed by atoms with Crippen molar-refractivity contribution in [1.29, 1.82) is 0 Å². The van der Waals surface area contributed by atoms with Crippen molar-refractivity contribution in [2.45, 2.75) is 26.2 Å². The summed E-state index contributed by atoms with van der Waals surface area (Å²) in [5, 5.41) is 0. The van der Waals surface area contributed by atoms with E-state index < -0.39 is 0 Å². The Morgan fingerprint density at radius 2 is 1.57 bits per heavy atom. The SMILES string of the molecule is C#COC.CC(C)(C)c1ccccc1. The van der Waals surface area contributed by atoms with Gasteiger partial charge in [0.1, 0.15) is 6.11 Å². The van der Waals surface area contributed by atoms with Crippen LogP contribution in [0.15, 0.2) is 30.3 Å². The molecule has 0 fully saturated rings. The summed E-state index contributed by atoms with van der Waals surface area (Å²) in [4.78, 5) is 0. The first-order chi connectivity index (χ1) is 6.52. The molecule has 1 nitrogen and oxygen atoms in total. The molecule has 0 aromatic heterocycles. The molecule has 0 N–H and O–H groups in total. The molecule has 0 aliphatic carbocycles. The van der Waals surface area contributed by atoms with Gasteiger partial charge in [-0.15, -0.1) is 0 Å². The summed E-state index contributed by atoms with van der Waals surface area (Å²) in [6.07, 6.45) is 6.49. The molecule has 1 heteroatoms. The highest BCUT2D eigenvalue weighted by Crippen LogP contribution is 2.20. The Labute approximate surface area is 87.1 Å². The zero-order valence-corrected chi connectivity index (χ0v) is 9.37. The molecule has 0 atom stereocenters. The van der Waals surface area contributed by atoms with Crippen LogP contribution in [0, 0.1) is 12.5 Å². The fourth-order valence-corrected chi connectivity index (χ4v) is 0.938. The molecule has 0 aliphatic heterocycles. The van der Waals surface area contributed by atoms with Gasteiger partial charge in [-0.25, -0.2) is 0 Å². The van der Waals surface area contributed by atoms with E-state index in [0.717, 1.165) is 0 Å². The standard InChI is InChI=1S/C10H14.C3H4O/c1-10(2,3)9-7-5-4-6-8-9;1-3-4-2/h4-8H,1-3H3;1H,2H3. The van der Waals surface area contributed by atoms with Crippen LogP contribution in [0.1, 0.15) is 26.3 Å². The molecule has 1 aromatic carbocycles. The fraction of sp³-hybridized carbons (Fsp3) is 0.385. The first-order valence-electron chi connectivity index (χ1n) is 4.56. The van der Waals surface area contributed by atoms with Gasteiger partial charge in [0, 0.05) is 0 Å². The van der Waals surface area contributed by atoms with Crippen LogP contribution in [0.2, 0.25) is 0 Å². The molecule has 0 heterocycles. The predicted molar refractivity (Wildman–Crippen MR) is 61.0 cm³/mol. The van der Waals surface area contributed by atoms with Crippen LogP contribution in [-0.2, 0) is 10.2 Å². The van der Waals surface area contributed by atoms with Crippen molar-refractivity contribution in [3.8, 4) is 12.5 Å². The van der Waals surface area contributed by atoms with Gasteiger partial charge in [-0.3, -0.25) is 0 Å². The van der Waals surface area contributed by atoms with Crippen molar-refractivity contribution in [2.24, 2.45) is 0 Å². The van der Waals surface area contributed by atoms with Crippen LogP contribution in [0.25, 0.3) is 0 Å². The van der Waals surface area contributed by atoms with Crippen LogP contribution in [-0.4, -0.2) is 7.11 Å². The second-order valence-electron chi connectivity index (χ2n) is 3.94. The first kappa shape index (κ1) is 12.6. The molecule has 0 aliphatic rings. The summed E-state index contributed by atoms with van der Waals surface area (Å²) in [6, 6.07) is 10.6. The van der Waals surface area contributed by atoms with E-state index in [2.05, 4.69) is 62.3 Å². The van der Waals surface area contributed by atoms with Crippen LogP contribution in [0.4, 0.5) is 0 Å². The van der Waals surface area contributed by atoms with Gasteiger partial charge in [-0.05, 0) is 11.0 Å². The highest BCUT2D eigenvalue weighted by molar-refractivity contribution is 5.21. The molecule has 0 spiro atoms. The summed E-state index contributed by atoms with van der Waals surface area (Å²) in [5.74, 6) is 0. The number of methoxy groups -OCH3 is 1. The number of hydrogen-bond donors (Lipinski definition) is 0. The van der Waals surface area contributed by atoms with Crippen LogP contribution >= 0.6 is 0 Å². The van der Waals surface area contributed by atoms with Crippen molar-refractivity contribution >= 4 is 0 Å². The molecular weight excluding hydrogens is 172 g/mol. The van der Waals surface area contributed by atoms with Crippen LogP contribution in [0.3, 0.4) is 0 Å². The van der Waals surface area contributed by atoms with Gasteiger partial charge in [0.05, 0.1) is 7.11 Å². The summed E-state index contributed by atoms with van der Waals surface area (Å²) in [6.45, 7) is 6.67. The first-order valence-corrected chi connectivity index (χ1v) is 4.56. The van der Waals surface area contributed by atoms with Crippen LogP contribution in [0.5, 0.6) is 0 Å². The summed E-state index contributed by atoms with van der Waals surface area (Å²) in [5.41, 5.74) is 1.69. The third-order valence-electron chi connectivity index (χ3n) is 1.76. The summed E-state index contributed by atoms with van der Waals surface area (Å²) in [7, 11) is 1.44. The van der Waals surface area contributed by atoms with E-state index in [-0.39, 0.29) is 0 Å². The Bertz CT molecular complexity index is 274. The van der Waals surface area contributed by atoms with Crippen molar-refractivity contribution in [1.82, 2.24) is 0 Å². The maximum atomic E-state index is 4.56. The smallest absolute Gasteiger partial charge is 0.106 e. The number of terminal acetylenes is 1. The monoisotopic (exact) mass is 190 g/mol. The van der Waals surface area contributed by atoms with Gasteiger partial charge in [0.2, 0.25) is 0 Å². The van der Waals surface area contributed by atoms with Crippen molar-refractivity contribution in [3.63, 3.8) is 0 Å². The summed E-state index contributed by atoms with van der Waals surface area (Å²) < 4.78 is 4.07. The molecule has 0 bridgehead atoms. The van der Waals surface area contributed by atoms with Crippen molar-refractivity contribution in [2.75, 3.05) is 7.11 Å². The highest BCUT2D eigenvalue weighted by Gasteiger charge is 2.11. The van der Waals surface area contributed by atoms with Crippen LogP contribution < -0.4 is 0 Å². The maximum Gasteiger partial charge on any atom is 0.106 e. The van der Waals surface area contributed by atoms with E-state index >= 15 is 0 Å². The molecule has 14 heavy (non-hydrogen) atoms. The minimum absolute atomic E-state index is 0.293. The molecule has 0 saturated carbocycles. The van der Waals surface area contributed by atoms with Crippen molar-refractivity contribution < 1.29 is 4.74 Å². The lowest BCUT2D eigenvalue weighted by molar-refractivity contribution is 0.373. The molecule has 1 rings (SSSR count). The largest absolute Gasteiger partial charge is 0.450 e. The Kier molecular flexibility index (Phi) is 5.48. The molecule has 0 radical (unpaired) electrons. The lowest BCUT2D eigenvalue weighted by atomic mass is 9.87. The normalized spacial score (nSPS) is 9.36. The average Bonchev–Trinajstić information content (AvgIpc) is 2.18. The van der Waals surface area contributed by atoms with Crippen molar-refractivity contribution in [3.05, 3.63) is 35.9 Å². The minimum Gasteiger partial charge on any atom is -0.450 e. The zero-order chi connectivity index (χ0) is 11.0. The van der Waals surface area contributed by atoms with E-state index in [0.29, 0.717) is 5.41 Å². The van der Waals surface area contributed by atoms with Gasteiger partial charge in [-0.1, -0.05) is 57.5 Å². The van der Waals surface area contributed by atoms with E-state index in [1.54, 1.807) is 0 Å². The van der Waals surface area contributed by atoms with E-state index in [1.165, 1.54) is 12.7 Å². The minimum atomic E-state index is 0.293. The van der Waals surface area contributed by atoms with Gasteiger partial charge < -0.3 is 4.74 Å². The van der Waals surface area contributed by atoms with Gasteiger partial charge in [0.15, 0.2) is 0 Å². The van der Waals surface area contributed by atoms with E-state index in [9.17, 15) is 0 Å². The highest BCUT2D eigenvalue weighted by atomic mass is 16.5. The topological polar surface area (TPSA) is 9.23 Å². The molecule has 0 saturated heterocycles. The number of hydrogen-bond acceptors (Lipinski definition) is 1. The third-order valence-corrected chi connectivity index (χ3v) is 1.76. The number of ether oxygens (including phenoxy) is 1. The number of benzene rings is 1. The second kappa shape index (κ2) is 6.10. The summed E-state index contributed by atoms with van der Waals surface area (Å²) >= 11 is 0. The lowest BCUT2D eigenvalue weighted by Gasteiger charge is -2.18. The Balaban J connectivity index is 0.000000364. The number of rotatable bonds is 0. The molecular formula is C13H18O. The average molecular weight is 190 g/mol. The van der Waals surface area contributed by atoms with E-state index in [1.807, 2.05) is 6.11 Å². The predicted octanol–water partition coefficient (Wildman–Crippen LogP) is 3.21. The molecule has 76 valence electrons. The lowest BCUT2D eigenvalue weighted by Crippen LogP contribution is -2.10. The van der Waals surface area contributed by atoms with Gasteiger partial charge in [-0.2, -0.15) is 0 Å². The Morgan fingerprint density at radius 3 is 1.79 bits per heavy atom. The van der Waals surface area contributed by atoms with Gasteiger partial charge >= 0.3 is 0 Å². The second-order valence-corrected chi connectivity index (χ2v) is 3.94. The van der Waals surface area contributed by atoms with Gasteiger partial charge in [0.25, 0.3) is 0 Å². The fourth-order valence-electron chi connectivity index (χ4n) is 0.938. The Morgan fingerprint density at radius 1 is 1.14 bits per heavy atom. The Hall–Kier alpha value is -1.42. The quantitative estimate of drug-likeness (QED) is 0.571. The molecule has 0 unspecified atom stereocenters. The maximum absolute atomic E-state index is 4.56. The van der Waals surface area contributed by atoms with E-state index in [4.69, 9.17) is 0 Å². The molecule has 1 aromatic rings. The molecule has 0 amide bonds. The third kappa shape index (κ3) is 5.27. The zero-order valence-electron chi connectivity index (χ0n) is 9.37.